The van der Waals surface area contributed by atoms with Crippen molar-refractivity contribution in [3.05, 3.63) is 47.9 Å². The van der Waals surface area contributed by atoms with E-state index in [9.17, 15) is 4.39 Å². The van der Waals surface area contributed by atoms with Gasteiger partial charge in [0.1, 0.15) is 5.82 Å². The summed E-state index contributed by atoms with van der Waals surface area (Å²) in [6.45, 7) is 4.51. The first-order valence-electron chi connectivity index (χ1n) is 6.64. The van der Waals surface area contributed by atoms with Crippen molar-refractivity contribution in [2.45, 2.75) is 26.3 Å². The van der Waals surface area contributed by atoms with Gasteiger partial charge in [0.2, 0.25) is 11.8 Å². The molecule has 2 aromatic rings. The van der Waals surface area contributed by atoms with Crippen molar-refractivity contribution in [2.24, 2.45) is 0 Å². The molecule has 1 N–H and O–H groups in total. The molecule has 1 heterocycles. The summed E-state index contributed by atoms with van der Waals surface area (Å²) in [7, 11) is 0. The SMILES string of the molecule is CCOc1ccnc(NC(C)Cc2ccc(F)cc2)n1. The Morgan fingerprint density at radius 2 is 2.00 bits per heavy atom. The Bertz CT molecular complexity index is 545. The summed E-state index contributed by atoms with van der Waals surface area (Å²) in [6, 6.07) is 8.36. The highest BCUT2D eigenvalue weighted by Gasteiger charge is 2.06. The number of nitrogens with zero attached hydrogens (tertiary/aromatic N) is 2. The lowest BCUT2D eigenvalue weighted by Gasteiger charge is -2.14. The Morgan fingerprint density at radius 1 is 1.25 bits per heavy atom. The predicted octanol–water partition coefficient (Wildman–Crippen LogP) is 3.06. The van der Waals surface area contributed by atoms with Crippen molar-refractivity contribution >= 4 is 5.95 Å². The van der Waals surface area contributed by atoms with E-state index in [-0.39, 0.29) is 11.9 Å². The Balaban J connectivity index is 1.95. The summed E-state index contributed by atoms with van der Waals surface area (Å²) >= 11 is 0. The molecular weight excluding hydrogens is 257 g/mol. The van der Waals surface area contributed by atoms with Gasteiger partial charge in [-0.15, -0.1) is 0 Å². The van der Waals surface area contributed by atoms with E-state index in [2.05, 4.69) is 15.3 Å². The van der Waals surface area contributed by atoms with Crippen LogP contribution >= 0.6 is 0 Å². The molecule has 0 aliphatic rings. The molecule has 0 fully saturated rings. The number of benzene rings is 1. The Morgan fingerprint density at radius 3 is 2.70 bits per heavy atom. The normalized spacial score (nSPS) is 11.9. The fraction of sp³-hybridized carbons (Fsp3) is 0.333. The summed E-state index contributed by atoms with van der Waals surface area (Å²) < 4.78 is 18.2. The molecule has 0 radical (unpaired) electrons. The molecule has 0 bridgehead atoms. The van der Waals surface area contributed by atoms with Gasteiger partial charge in [-0.1, -0.05) is 12.1 Å². The Labute approximate surface area is 118 Å². The summed E-state index contributed by atoms with van der Waals surface area (Å²) in [5.74, 6) is 0.867. The van der Waals surface area contributed by atoms with E-state index in [4.69, 9.17) is 4.74 Å². The number of anilines is 1. The van der Waals surface area contributed by atoms with Crippen LogP contribution in [-0.2, 0) is 6.42 Å². The molecular formula is C15H18FN3O. The molecule has 0 amide bonds. The van der Waals surface area contributed by atoms with Crippen LogP contribution in [0.5, 0.6) is 5.88 Å². The van der Waals surface area contributed by atoms with Crippen molar-refractivity contribution in [2.75, 3.05) is 11.9 Å². The number of hydrogen-bond donors (Lipinski definition) is 1. The van der Waals surface area contributed by atoms with Gasteiger partial charge in [0.05, 0.1) is 6.61 Å². The molecule has 0 aliphatic heterocycles. The van der Waals surface area contributed by atoms with Gasteiger partial charge in [0.15, 0.2) is 0 Å². The van der Waals surface area contributed by atoms with E-state index in [1.165, 1.54) is 12.1 Å². The molecule has 1 aromatic carbocycles. The summed E-state index contributed by atoms with van der Waals surface area (Å²) in [5, 5.41) is 3.21. The molecule has 1 aromatic heterocycles. The lowest BCUT2D eigenvalue weighted by Crippen LogP contribution is -2.19. The molecule has 1 atom stereocenters. The van der Waals surface area contributed by atoms with E-state index < -0.39 is 0 Å². The maximum atomic E-state index is 12.8. The van der Waals surface area contributed by atoms with E-state index in [1.54, 1.807) is 24.4 Å². The van der Waals surface area contributed by atoms with Crippen LogP contribution in [-0.4, -0.2) is 22.6 Å². The maximum absolute atomic E-state index is 12.8. The predicted molar refractivity (Wildman–Crippen MR) is 76.4 cm³/mol. The summed E-state index contributed by atoms with van der Waals surface area (Å²) in [5.41, 5.74) is 1.06. The molecule has 0 saturated heterocycles. The third-order valence-electron chi connectivity index (χ3n) is 2.75. The van der Waals surface area contributed by atoms with Crippen LogP contribution < -0.4 is 10.1 Å². The number of halogens is 1. The highest BCUT2D eigenvalue weighted by atomic mass is 19.1. The molecule has 2 rings (SSSR count). The largest absolute Gasteiger partial charge is 0.478 e. The second kappa shape index (κ2) is 6.84. The molecule has 0 aliphatic carbocycles. The highest BCUT2D eigenvalue weighted by Crippen LogP contribution is 2.11. The zero-order valence-corrected chi connectivity index (χ0v) is 11.6. The quantitative estimate of drug-likeness (QED) is 0.880. The van der Waals surface area contributed by atoms with Crippen LogP contribution in [0, 0.1) is 5.82 Å². The molecule has 5 heteroatoms. The summed E-state index contributed by atoms with van der Waals surface area (Å²) in [4.78, 5) is 8.41. The van der Waals surface area contributed by atoms with Crippen LogP contribution in [0.25, 0.3) is 0 Å². The first kappa shape index (κ1) is 14.2. The monoisotopic (exact) mass is 275 g/mol. The van der Waals surface area contributed by atoms with Crippen molar-refractivity contribution in [1.82, 2.24) is 9.97 Å². The Hall–Kier alpha value is -2.17. The van der Waals surface area contributed by atoms with E-state index in [0.717, 1.165) is 12.0 Å². The van der Waals surface area contributed by atoms with Crippen LogP contribution in [0.1, 0.15) is 19.4 Å². The fourth-order valence-electron chi connectivity index (χ4n) is 1.89. The van der Waals surface area contributed by atoms with Crippen molar-refractivity contribution in [3.8, 4) is 5.88 Å². The van der Waals surface area contributed by atoms with Crippen LogP contribution in [0.3, 0.4) is 0 Å². The van der Waals surface area contributed by atoms with Gasteiger partial charge in [0, 0.05) is 18.3 Å². The molecule has 20 heavy (non-hydrogen) atoms. The van der Waals surface area contributed by atoms with Gasteiger partial charge in [-0.25, -0.2) is 9.37 Å². The molecule has 0 spiro atoms. The average Bonchev–Trinajstić information content (AvgIpc) is 2.42. The molecule has 106 valence electrons. The van der Waals surface area contributed by atoms with Crippen LogP contribution in [0.4, 0.5) is 10.3 Å². The maximum Gasteiger partial charge on any atom is 0.226 e. The zero-order valence-electron chi connectivity index (χ0n) is 11.6. The van der Waals surface area contributed by atoms with Gasteiger partial charge >= 0.3 is 0 Å². The Kier molecular flexibility index (Phi) is 4.87. The third-order valence-corrected chi connectivity index (χ3v) is 2.75. The fourth-order valence-corrected chi connectivity index (χ4v) is 1.89. The highest BCUT2D eigenvalue weighted by molar-refractivity contribution is 5.29. The van der Waals surface area contributed by atoms with Gasteiger partial charge in [-0.05, 0) is 38.0 Å². The standard InChI is InChI=1S/C15H18FN3O/c1-3-20-14-8-9-17-15(19-14)18-11(2)10-12-4-6-13(16)7-5-12/h4-9,11H,3,10H2,1-2H3,(H,17,18,19). The number of aromatic nitrogens is 2. The minimum absolute atomic E-state index is 0.136. The van der Waals surface area contributed by atoms with Gasteiger partial charge in [0.25, 0.3) is 0 Å². The molecule has 0 saturated carbocycles. The van der Waals surface area contributed by atoms with E-state index >= 15 is 0 Å². The van der Waals surface area contributed by atoms with Crippen molar-refractivity contribution < 1.29 is 9.13 Å². The van der Waals surface area contributed by atoms with Gasteiger partial charge in [-0.3, -0.25) is 0 Å². The minimum Gasteiger partial charge on any atom is -0.478 e. The van der Waals surface area contributed by atoms with Gasteiger partial charge < -0.3 is 10.1 Å². The smallest absolute Gasteiger partial charge is 0.226 e. The van der Waals surface area contributed by atoms with Crippen LogP contribution in [0.15, 0.2) is 36.5 Å². The van der Waals surface area contributed by atoms with Crippen molar-refractivity contribution in [3.63, 3.8) is 0 Å². The number of ether oxygens (including phenoxy) is 1. The number of rotatable bonds is 6. The zero-order chi connectivity index (χ0) is 14.4. The number of hydrogen-bond acceptors (Lipinski definition) is 4. The van der Waals surface area contributed by atoms with Gasteiger partial charge in [-0.2, -0.15) is 4.98 Å². The second-order valence-corrected chi connectivity index (χ2v) is 4.53. The molecule has 1 unspecified atom stereocenters. The number of nitrogens with one attached hydrogen (secondary N) is 1. The van der Waals surface area contributed by atoms with E-state index in [0.29, 0.717) is 18.4 Å². The topological polar surface area (TPSA) is 47.0 Å². The lowest BCUT2D eigenvalue weighted by atomic mass is 10.1. The van der Waals surface area contributed by atoms with E-state index in [1.807, 2.05) is 13.8 Å². The van der Waals surface area contributed by atoms with Crippen molar-refractivity contribution in [1.29, 1.82) is 0 Å². The lowest BCUT2D eigenvalue weighted by molar-refractivity contribution is 0.326. The molecule has 4 nitrogen and oxygen atoms in total. The second-order valence-electron chi connectivity index (χ2n) is 4.53. The average molecular weight is 275 g/mol. The first-order chi connectivity index (χ1) is 9.67. The van der Waals surface area contributed by atoms with Crippen LogP contribution in [0.2, 0.25) is 0 Å². The summed E-state index contributed by atoms with van der Waals surface area (Å²) in [6.07, 6.45) is 2.42. The third kappa shape index (κ3) is 4.19. The first-order valence-corrected chi connectivity index (χ1v) is 6.64. The minimum atomic E-state index is -0.220.